The first-order valence-corrected chi connectivity index (χ1v) is 5.43. The minimum atomic E-state index is -0.719. The summed E-state index contributed by atoms with van der Waals surface area (Å²) in [5, 5.41) is 16.8. The summed E-state index contributed by atoms with van der Waals surface area (Å²) in [7, 11) is 0. The Hall–Kier alpha value is -1.27. The van der Waals surface area contributed by atoms with Crippen molar-refractivity contribution in [3.8, 4) is 5.69 Å². The van der Waals surface area contributed by atoms with Crippen LogP contribution in [0.3, 0.4) is 0 Å². The van der Waals surface area contributed by atoms with Crippen LogP contribution < -0.4 is 0 Å². The summed E-state index contributed by atoms with van der Waals surface area (Å²) in [6.45, 7) is 1.58. The second-order valence-electron chi connectivity index (χ2n) is 3.36. The quantitative estimate of drug-likeness (QED) is 0.921. The lowest BCUT2D eigenvalue weighted by Crippen LogP contribution is -1.98. The van der Waals surface area contributed by atoms with E-state index in [4.69, 9.17) is 0 Å². The number of halogens is 2. The molecule has 2 aromatic rings. The van der Waals surface area contributed by atoms with E-state index < -0.39 is 11.9 Å². The second kappa shape index (κ2) is 4.31. The smallest absolute Gasteiger partial charge is 0.148 e. The van der Waals surface area contributed by atoms with Crippen molar-refractivity contribution in [3.63, 3.8) is 0 Å². The minimum absolute atomic E-state index is 0.286. The Kier molecular flexibility index (Phi) is 3.02. The van der Waals surface area contributed by atoms with Crippen LogP contribution in [-0.4, -0.2) is 20.1 Å². The predicted octanol–water partition coefficient (Wildman–Crippen LogP) is 2.22. The van der Waals surface area contributed by atoms with Gasteiger partial charge >= 0.3 is 0 Å². The summed E-state index contributed by atoms with van der Waals surface area (Å²) >= 11 is 3.25. The molecule has 1 aromatic carbocycles. The molecule has 0 saturated heterocycles. The summed E-state index contributed by atoms with van der Waals surface area (Å²) in [6, 6.07) is 4.53. The lowest BCUT2D eigenvalue weighted by Gasteiger charge is -2.02. The zero-order chi connectivity index (χ0) is 11.7. The maximum atomic E-state index is 13.5. The number of rotatable bonds is 2. The number of hydrogen-bond acceptors (Lipinski definition) is 3. The van der Waals surface area contributed by atoms with Crippen molar-refractivity contribution in [1.82, 2.24) is 15.0 Å². The first kappa shape index (κ1) is 11.2. The molecule has 0 aliphatic heterocycles. The van der Waals surface area contributed by atoms with Gasteiger partial charge in [-0.2, -0.15) is 0 Å². The van der Waals surface area contributed by atoms with Crippen molar-refractivity contribution in [2.75, 3.05) is 0 Å². The first-order valence-electron chi connectivity index (χ1n) is 4.63. The zero-order valence-electron chi connectivity index (χ0n) is 8.43. The van der Waals surface area contributed by atoms with E-state index in [2.05, 4.69) is 26.2 Å². The highest BCUT2D eigenvalue weighted by Gasteiger charge is 2.10. The van der Waals surface area contributed by atoms with Crippen LogP contribution in [0.2, 0.25) is 0 Å². The minimum Gasteiger partial charge on any atom is -0.387 e. The molecular formula is C10H9BrFN3O. The van der Waals surface area contributed by atoms with Gasteiger partial charge in [0.05, 0.1) is 12.3 Å². The molecule has 0 saturated carbocycles. The first-order chi connectivity index (χ1) is 7.58. The summed E-state index contributed by atoms with van der Waals surface area (Å²) in [4.78, 5) is 0. The lowest BCUT2D eigenvalue weighted by molar-refractivity contribution is 0.194. The second-order valence-corrected chi connectivity index (χ2v) is 4.28. The third kappa shape index (κ3) is 2.12. The van der Waals surface area contributed by atoms with Gasteiger partial charge in [0.15, 0.2) is 0 Å². The van der Waals surface area contributed by atoms with Crippen LogP contribution in [0.1, 0.15) is 18.7 Å². The molecular weight excluding hydrogens is 277 g/mol. The van der Waals surface area contributed by atoms with E-state index in [1.54, 1.807) is 19.1 Å². The van der Waals surface area contributed by atoms with Gasteiger partial charge in [-0.15, -0.1) is 5.10 Å². The van der Waals surface area contributed by atoms with Crippen LogP contribution in [-0.2, 0) is 0 Å². The van der Waals surface area contributed by atoms with Gasteiger partial charge in [0.1, 0.15) is 17.2 Å². The molecule has 0 aliphatic carbocycles. The largest absolute Gasteiger partial charge is 0.387 e. The molecule has 0 spiro atoms. The van der Waals surface area contributed by atoms with E-state index >= 15 is 0 Å². The number of aromatic nitrogens is 3. The number of aliphatic hydroxyl groups is 1. The van der Waals surface area contributed by atoms with E-state index in [-0.39, 0.29) is 5.69 Å². The molecule has 1 heterocycles. The Morgan fingerprint density at radius 2 is 2.25 bits per heavy atom. The van der Waals surface area contributed by atoms with Crippen molar-refractivity contribution >= 4 is 15.9 Å². The van der Waals surface area contributed by atoms with Crippen molar-refractivity contribution in [3.05, 3.63) is 40.4 Å². The van der Waals surface area contributed by atoms with Crippen LogP contribution in [0.15, 0.2) is 28.9 Å². The standard InChI is InChI=1S/C10H9BrFN3O/c1-6(16)9-5-15(14-13-9)10-4-7(11)2-3-8(10)12/h2-6,16H,1H3. The fourth-order valence-corrected chi connectivity index (χ4v) is 1.60. The van der Waals surface area contributed by atoms with E-state index in [1.165, 1.54) is 16.9 Å². The van der Waals surface area contributed by atoms with Gasteiger partial charge in [-0.25, -0.2) is 9.07 Å². The number of aliphatic hydroxyl groups excluding tert-OH is 1. The van der Waals surface area contributed by atoms with Crippen molar-refractivity contribution in [2.24, 2.45) is 0 Å². The molecule has 4 nitrogen and oxygen atoms in total. The summed E-state index contributed by atoms with van der Waals surface area (Å²) in [5.41, 5.74) is 0.688. The van der Waals surface area contributed by atoms with Gasteiger partial charge < -0.3 is 5.11 Å². The van der Waals surface area contributed by atoms with E-state index in [9.17, 15) is 9.50 Å². The van der Waals surface area contributed by atoms with Gasteiger partial charge in [-0.1, -0.05) is 21.1 Å². The topological polar surface area (TPSA) is 50.9 Å². The number of hydrogen-bond donors (Lipinski definition) is 1. The Labute approximate surface area is 99.8 Å². The molecule has 1 atom stereocenters. The molecule has 0 amide bonds. The summed E-state index contributed by atoms with van der Waals surface area (Å²) in [5.74, 6) is -0.398. The molecule has 0 radical (unpaired) electrons. The van der Waals surface area contributed by atoms with Gasteiger partial charge in [0, 0.05) is 4.47 Å². The van der Waals surface area contributed by atoms with Crippen LogP contribution in [0.4, 0.5) is 4.39 Å². The highest BCUT2D eigenvalue weighted by molar-refractivity contribution is 9.10. The molecule has 2 rings (SSSR count). The fourth-order valence-electron chi connectivity index (χ4n) is 1.25. The highest BCUT2D eigenvalue weighted by Crippen LogP contribution is 2.19. The molecule has 0 fully saturated rings. The van der Waals surface area contributed by atoms with E-state index in [1.807, 2.05) is 0 Å². The summed E-state index contributed by atoms with van der Waals surface area (Å²) in [6.07, 6.45) is 0.777. The Morgan fingerprint density at radius 1 is 1.50 bits per heavy atom. The molecule has 1 aromatic heterocycles. The third-order valence-corrected chi connectivity index (χ3v) is 2.59. The average molecular weight is 286 g/mol. The van der Waals surface area contributed by atoms with Crippen molar-refractivity contribution in [2.45, 2.75) is 13.0 Å². The number of benzene rings is 1. The van der Waals surface area contributed by atoms with Gasteiger partial charge in [-0.05, 0) is 25.1 Å². The highest BCUT2D eigenvalue weighted by atomic mass is 79.9. The maximum absolute atomic E-state index is 13.5. The monoisotopic (exact) mass is 285 g/mol. The third-order valence-electron chi connectivity index (χ3n) is 2.09. The Morgan fingerprint density at radius 3 is 2.88 bits per heavy atom. The van der Waals surface area contributed by atoms with Gasteiger partial charge in [-0.3, -0.25) is 0 Å². The van der Waals surface area contributed by atoms with Crippen LogP contribution in [0.5, 0.6) is 0 Å². The van der Waals surface area contributed by atoms with E-state index in [0.717, 1.165) is 4.47 Å². The molecule has 1 N–H and O–H groups in total. The average Bonchev–Trinajstić information content (AvgIpc) is 2.70. The van der Waals surface area contributed by atoms with Crippen LogP contribution in [0, 0.1) is 5.82 Å². The van der Waals surface area contributed by atoms with E-state index in [0.29, 0.717) is 5.69 Å². The Balaban J connectivity index is 2.46. The SMILES string of the molecule is CC(O)c1cn(-c2cc(Br)ccc2F)nn1. The predicted molar refractivity (Wildman–Crippen MR) is 59.7 cm³/mol. The fraction of sp³-hybridized carbons (Fsp3) is 0.200. The van der Waals surface area contributed by atoms with Gasteiger partial charge in [0.25, 0.3) is 0 Å². The Bertz CT molecular complexity index is 513. The molecule has 6 heteroatoms. The van der Waals surface area contributed by atoms with Crippen molar-refractivity contribution in [1.29, 1.82) is 0 Å². The van der Waals surface area contributed by atoms with Gasteiger partial charge in [0.2, 0.25) is 0 Å². The normalized spacial score (nSPS) is 12.8. The molecule has 0 bridgehead atoms. The zero-order valence-corrected chi connectivity index (χ0v) is 10.0. The molecule has 1 unspecified atom stereocenters. The number of nitrogens with zero attached hydrogens (tertiary/aromatic N) is 3. The molecule has 0 aliphatic rings. The lowest BCUT2D eigenvalue weighted by atomic mass is 10.3. The van der Waals surface area contributed by atoms with Crippen molar-refractivity contribution < 1.29 is 9.50 Å². The molecule has 84 valence electrons. The summed E-state index contributed by atoms with van der Waals surface area (Å²) < 4.78 is 15.5. The maximum Gasteiger partial charge on any atom is 0.148 e. The van der Waals surface area contributed by atoms with Crippen LogP contribution in [0.25, 0.3) is 5.69 Å². The molecule has 16 heavy (non-hydrogen) atoms. The van der Waals surface area contributed by atoms with Crippen LogP contribution >= 0.6 is 15.9 Å².